The average Bonchev–Trinajstić information content (AvgIpc) is 2.48. The molecule has 1 aromatic carbocycles. The van der Waals surface area contributed by atoms with Gasteiger partial charge in [0.1, 0.15) is 5.75 Å². The fraction of sp³-hybridized carbons (Fsp3) is 0.562. The fourth-order valence-electron chi connectivity index (χ4n) is 2.71. The second kappa shape index (κ2) is 7.29. The monoisotopic (exact) mass is 276 g/mol. The number of amides is 1. The molecule has 1 amide bonds. The standard InChI is InChI=1S/C16H24N2O2/c1-3-18-15-6-4-5-12-7-8-13(11-14(12)15)20-10-9-16(19)17-2/h7-8,11,15,18H,3-6,9-10H2,1-2H3,(H,17,19). The summed E-state index contributed by atoms with van der Waals surface area (Å²) < 4.78 is 5.68. The van der Waals surface area contributed by atoms with Crippen molar-refractivity contribution < 1.29 is 9.53 Å². The number of nitrogens with one attached hydrogen (secondary N) is 2. The summed E-state index contributed by atoms with van der Waals surface area (Å²) in [5, 5.41) is 6.13. The molecule has 0 bridgehead atoms. The first kappa shape index (κ1) is 14.9. The largest absolute Gasteiger partial charge is 0.493 e. The minimum Gasteiger partial charge on any atom is -0.493 e. The van der Waals surface area contributed by atoms with Gasteiger partial charge in [-0.3, -0.25) is 4.79 Å². The average molecular weight is 276 g/mol. The lowest BCUT2D eigenvalue weighted by Gasteiger charge is -2.26. The van der Waals surface area contributed by atoms with E-state index in [1.165, 1.54) is 24.0 Å². The Morgan fingerprint density at radius 3 is 3.05 bits per heavy atom. The smallest absolute Gasteiger partial charge is 0.223 e. The van der Waals surface area contributed by atoms with Crippen molar-refractivity contribution in [1.29, 1.82) is 0 Å². The Morgan fingerprint density at radius 2 is 2.30 bits per heavy atom. The maximum absolute atomic E-state index is 11.2. The molecule has 0 spiro atoms. The second-order valence-corrected chi connectivity index (χ2v) is 5.13. The van der Waals surface area contributed by atoms with Crippen LogP contribution in [0, 0.1) is 0 Å². The summed E-state index contributed by atoms with van der Waals surface area (Å²) in [5.41, 5.74) is 2.77. The van der Waals surface area contributed by atoms with E-state index in [4.69, 9.17) is 4.74 Å². The fourth-order valence-corrected chi connectivity index (χ4v) is 2.71. The maximum Gasteiger partial charge on any atom is 0.223 e. The van der Waals surface area contributed by atoms with Gasteiger partial charge in [0, 0.05) is 13.1 Å². The van der Waals surface area contributed by atoms with Gasteiger partial charge in [-0.05, 0) is 49.1 Å². The van der Waals surface area contributed by atoms with Crippen LogP contribution in [0.3, 0.4) is 0 Å². The van der Waals surface area contributed by atoms with Crippen LogP contribution in [0.15, 0.2) is 18.2 Å². The van der Waals surface area contributed by atoms with E-state index >= 15 is 0 Å². The summed E-state index contributed by atoms with van der Waals surface area (Å²) >= 11 is 0. The van der Waals surface area contributed by atoms with Crippen LogP contribution in [0.2, 0.25) is 0 Å². The molecule has 110 valence electrons. The second-order valence-electron chi connectivity index (χ2n) is 5.13. The quantitative estimate of drug-likeness (QED) is 0.837. The van der Waals surface area contributed by atoms with E-state index < -0.39 is 0 Å². The molecule has 0 heterocycles. The Bertz CT molecular complexity index is 460. The number of fused-ring (bicyclic) bond motifs is 1. The lowest BCUT2D eigenvalue weighted by molar-refractivity contribution is -0.121. The highest BCUT2D eigenvalue weighted by Gasteiger charge is 2.19. The molecular weight excluding hydrogens is 252 g/mol. The van der Waals surface area contributed by atoms with Crippen LogP contribution in [0.5, 0.6) is 5.75 Å². The maximum atomic E-state index is 11.2. The highest BCUT2D eigenvalue weighted by atomic mass is 16.5. The molecule has 2 N–H and O–H groups in total. The van der Waals surface area contributed by atoms with Crippen LogP contribution in [-0.2, 0) is 11.2 Å². The molecule has 0 aliphatic heterocycles. The van der Waals surface area contributed by atoms with Crippen molar-refractivity contribution in [2.45, 2.75) is 38.6 Å². The Kier molecular flexibility index (Phi) is 5.41. The van der Waals surface area contributed by atoms with Crippen LogP contribution in [0.25, 0.3) is 0 Å². The number of hydrogen-bond acceptors (Lipinski definition) is 3. The van der Waals surface area contributed by atoms with Gasteiger partial charge in [-0.25, -0.2) is 0 Å². The Labute approximate surface area is 120 Å². The predicted molar refractivity (Wildman–Crippen MR) is 80.0 cm³/mol. The van der Waals surface area contributed by atoms with Crippen molar-refractivity contribution in [2.24, 2.45) is 0 Å². The van der Waals surface area contributed by atoms with Crippen molar-refractivity contribution in [1.82, 2.24) is 10.6 Å². The molecule has 0 saturated carbocycles. The summed E-state index contributed by atoms with van der Waals surface area (Å²) in [5.74, 6) is 0.867. The van der Waals surface area contributed by atoms with Crippen LogP contribution in [0.1, 0.15) is 43.4 Å². The number of rotatable bonds is 6. The van der Waals surface area contributed by atoms with Crippen LogP contribution in [-0.4, -0.2) is 26.1 Å². The molecule has 4 heteroatoms. The third-order valence-corrected chi connectivity index (χ3v) is 3.76. The first-order chi connectivity index (χ1) is 9.74. The highest BCUT2D eigenvalue weighted by molar-refractivity contribution is 5.75. The zero-order chi connectivity index (χ0) is 14.4. The molecular formula is C16H24N2O2. The van der Waals surface area contributed by atoms with Crippen molar-refractivity contribution in [2.75, 3.05) is 20.2 Å². The van der Waals surface area contributed by atoms with Gasteiger partial charge in [-0.15, -0.1) is 0 Å². The van der Waals surface area contributed by atoms with Gasteiger partial charge in [-0.1, -0.05) is 13.0 Å². The third-order valence-electron chi connectivity index (χ3n) is 3.76. The van der Waals surface area contributed by atoms with Gasteiger partial charge < -0.3 is 15.4 Å². The zero-order valence-corrected chi connectivity index (χ0v) is 12.4. The molecule has 1 aromatic rings. The van der Waals surface area contributed by atoms with E-state index in [2.05, 4.69) is 29.7 Å². The molecule has 1 aliphatic carbocycles. The van der Waals surface area contributed by atoms with Gasteiger partial charge in [0.25, 0.3) is 0 Å². The van der Waals surface area contributed by atoms with Gasteiger partial charge in [-0.2, -0.15) is 0 Å². The number of hydrogen-bond donors (Lipinski definition) is 2. The minimum absolute atomic E-state index is 0.00786. The lowest BCUT2D eigenvalue weighted by atomic mass is 9.87. The Morgan fingerprint density at radius 1 is 1.45 bits per heavy atom. The van der Waals surface area contributed by atoms with Crippen LogP contribution >= 0.6 is 0 Å². The molecule has 0 saturated heterocycles. The van der Waals surface area contributed by atoms with Gasteiger partial charge in [0.15, 0.2) is 0 Å². The molecule has 20 heavy (non-hydrogen) atoms. The van der Waals surface area contributed by atoms with Crippen molar-refractivity contribution in [3.63, 3.8) is 0 Å². The van der Waals surface area contributed by atoms with E-state index in [1.54, 1.807) is 7.05 Å². The molecule has 1 unspecified atom stereocenters. The molecule has 1 atom stereocenters. The van der Waals surface area contributed by atoms with Crippen molar-refractivity contribution in [3.05, 3.63) is 29.3 Å². The van der Waals surface area contributed by atoms with Gasteiger partial charge >= 0.3 is 0 Å². The van der Waals surface area contributed by atoms with E-state index in [-0.39, 0.29) is 5.91 Å². The highest BCUT2D eigenvalue weighted by Crippen LogP contribution is 2.32. The zero-order valence-electron chi connectivity index (χ0n) is 12.4. The molecule has 0 fully saturated rings. The number of aryl methyl sites for hydroxylation is 1. The molecule has 0 aromatic heterocycles. The van der Waals surface area contributed by atoms with E-state index in [0.29, 0.717) is 19.1 Å². The Hall–Kier alpha value is -1.55. The Balaban J connectivity index is 2.01. The minimum atomic E-state index is 0.00786. The summed E-state index contributed by atoms with van der Waals surface area (Å²) in [7, 11) is 1.64. The summed E-state index contributed by atoms with van der Waals surface area (Å²) in [6.45, 7) is 3.54. The SMILES string of the molecule is CCNC1CCCc2ccc(OCCC(=O)NC)cc21. The third kappa shape index (κ3) is 3.73. The summed E-state index contributed by atoms with van der Waals surface area (Å²) in [6.07, 6.45) is 3.96. The van der Waals surface area contributed by atoms with E-state index in [9.17, 15) is 4.79 Å². The number of ether oxygens (including phenoxy) is 1. The van der Waals surface area contributed by atoms with Crippen LogP contribution in [0.4, 0.5) is 0 Å². The number of benzene rings is 1. The molecule has 2 rings (SSSR count). The van der Waals surface area contributed by atoms with Crippen LogP contribution < -0.4 is 15.4 Å². The first-order valence-electron chi connectivity index (χ1n) is 7.44. The summed E-state index contributed by atoms with van der Waals surface area (Å²) in [6, 6.07) is 6.74. The number of carbonyl (C=O) groups is 1. The van der Waals surface area contributed by atoms with Gasteiger partial charge in [0.2, 0.25) is 5.91 Å². The predicted octanol–water partition coefficient (Wildman–Crippen LogP) is 2.19. The molecule has 1 aliphatic rings. The topological polar surface area (TPSA) is 50.4 Å². The lowest BCUT2D eigenvalue weighted by Crippen LogP contribution is -2.25. The summed E-state index contributed by atoms with van der Waals surface area (Å²) in [4.78, 5) is 11.2. The van der Waals surface area contributed by atoms with Crippen molar-refractivity contribution in [3.8, 4) is 5.75 Å². The molecule has 0 radical (unpaired) electrons. The normalized spacial score (nSPS) is 17.4. The van der Waals surface area contributed by atoms with E-state index in [0.717, 1.165) is 18.7 Å². The van der Waals surface area contributed by atoms with Crippen molar-refractivity contribution >= 4 is 5.91 Å². The molecule has 4 nitrogen and oxygen atoms in total. The first-order valence-corrected chi connectivity index (χ1v) is 7.44. The number of carbonyl (C=O) groups excluding carboxylic acids is 1. The van der Waals surface area contributed by atoms with Gasteiger partial charge in [0.05, 0.1) is 13.0 Å². The van der Waals surface area contributed by atoms with E-state index in [1.807, 2.05) is 6.07 Å².